The summed E-state index contributed by atoms with van der Waals surface area (Å²) in [5.74, 6) is -2.04. The molecule has 1 aliphatic heterocycles. The Morgan fingerprint density at radius 2 is 1.88 bits per heavy atom. The van der Waals surface area contributed by atoms with Crippen molar-refractivity contribution >= 4 is 21.8 Å². The number of rotatable bonds is 7. The van der Waals surface area contributed by atoms with Crippen LogP contribution < -0.4 is 10.3 Å². The van der Waals surface area contributed by atoms with Gasteiger partial charge in [0.2, 0.25) is 15.9 Å². The number of nitrogens with one attached hydrogen (secondary N) is 2. The van der Waals surface area contributed by atoms with E-state index in [0.717, 1.165) is 12.0 Å². The molecule has 1 atom stereocenters. The molecule has 2 amide bonds. The number of piperidine rings is 1. The van der Waals surface area contributed by atoms with E-state index in [9.17, 15) is 22.4 Å². The highest BCUT2D eigenvalue weighted by Crippen LogP contribution is 2.25. The molecule has 7 nitrogen and oxygen atoms in total. The number of sulfonamides is 1. The van der Waals surface area contributed by atoms with Crippen molar-refractivity contribution in [2.45, 2.75) is 33.1 Å². The van der Waals surface area contributed by atoms with Crippen LogP contribution in [0.4, 0.5) is 4.39 Å². The van der Waals surface area contributed by atoms with Gasteiger partial charge in [0.05, 0.1) is 11.3 Å². The van der Waals surface area contributed by atoms with Crippen LogP contribution in [0.3, 0.4) is 0 Å². The number of carbonyl (C=O) groups excluding carboxylic acids is 2. The summed E-state index contributed by atoms with van der Waals surface area (Å²) in [6.07, 6.45) is 1.78. The molecule has 3 rings (SSSR count). The number of carbonyl (C=O) groups is 2. The van der Waals surface area contributed by atoms with Crippen molar-refractivity contribution in [1.82, 2.24) is 15.2 Å². The largest absolute Gasteiger partial charge is 0.342 e. The molecule has 32 heavy (non-hydrogen) atoms. The van der Waals surface area contributed by atoms with Crippen molar-refractivity contribution in [3.63, 3.8) is 0 Å². The molecule has 0 aromatic heterocycles. The van der Waals surface area contributed by atoms with E-state index in [1.165, 1.54) is 6.07 Å². The second-order valence-electron chi connectivity index (χ2n) is 8.06. The Kier molecular flexibility index (Phi) is 7.63. The molecule has 1 aliphatic rings. The van der Waals surface area contributed by atoms with Crippen LogP contribution in [0.5, 0.6) is 0 Å². The number of hydrazine groups is 1. The molecule has 0 radical (unpaired) electrons. The lowest BCUT2D eigenvalue weighted by atomic mass is 9.99. The molecule has 0 bridgehead atoms. The maximum absolute atomic E-state index is 14.6. The first kappa shape index (κ1) is 23.9. The van der Waals surface area contributed by atoms with Crippen LogP contribution in [0.2, 0.25) is 0 Å². The van der Waals surface area contributed by atoms with Crippen LogP contribution in [0.25, 0.3) is 11.1 Å². The Bertz CT molecular complexity index is 1090. The molecule has 172 valence electrons. The molecule has 2 N–H and O–H groups in total. The fourth-order valence-corrected chi connectivity index (χ4v) is 5.15. The number of hydrogen-bond acceptors (Lipinski definition) is 4. The van der Waals surface area contributed by atoms with Gasteiger partial charge in [0.15, 0.2) is 0 Å². The van der Waals surface area contributed by atoms with Gasteiger partial charge in [0.25, 0.3) is 5.91 Å². The molecule has 2 aromatic carbocycles. The molecule has 1 fully saturated rings. The molecular formula is C23H28FN3O4S. The van der Waals surface area contributed by atoms with E-state index < -0.39 is 21.7 Å². The van der Waals surface area contributed by atoms with Gasteiger partial charge in [-0.25, -0.2) is 12.8 Å². The van der Waals surface area contributed by atoms with Gasteiger partial charge in [-0.3, -0.25) is 15.0 Å². The van der Waals surface area contributed by atoms with Crippen molar-refractivity contribution in [1.29, 1.82) is 0 Å². The smallest absolute Gasteiger partial charge is 0.269 e. The monoisotopic (exact) mass is 461 g/mol. The number of benzene rings is 2. The van der Waals surface area contributed by atoms with Crippen LogP contribution in [0.1, 0.15) is 42.1 Å². The van der Waals surface area contributed by atoms with Crippen LogP contribution in [-0.2, 0) is 14.8 Å². The Morgan fingerprint density at radius 1 is 1.16 bits per heavy atom. The summed E-state index contributed by atoms with van der Waals surface area (Å²) in [4.78, 5) is 28.2. The molecule has 1 heterocycles. The van der Waals surface area contributed by atoms with Gasteiger partial charge in [-0.2, -0.15) is 0 Å². The highest BCUT2D eigenvalue weighted by Gasteiger charge is 2.27. The number of hydrogen-bond donors (Lipinski definition) is 2. The van der Waals surface area contributed by atoms with Gasteiger partial charge in [-0.1, -0.05) is 37.3 Å². The maximum atomic E-state index is 14.6. The average Bonchev–Trinajstić information content (AvgIpc) is 2.79. The topological polar surface area (TPSA) is 95.6 Å². The zero-order valence-electron chi connectivity index (χ0n) is 18.2. The summed E-state index contributed by atoms with van der Waals surface area (Å²) in [6.45, 7) is 4.32. The summed E-state index contributed by atoms with van der Waals surface area (Å²) in [6, 6.07) is 12.2. The van der Waals surface area contributed by atoms with Crippen LogP contribution in [0, 0.1) is 18.7 Å². The molecule has 9 heteroatoms. The third kappa shape index (κ3) is 5.92. The van der Waals surface area contributed by atoms with E-state index in [1.807, 2.05) is 30.3 Å². The van der Waals surface area contributed by atoms with Gasteiger partial charge in [-0.15, -0.1) is 4.83 Å². The Hall–Kier alpha value is -2.78. The Morgan fingerprint density at radius 3 is 2.56 bits per heavy atom. The average molecular weight is 462 g/mol. The first-order valence-corrected chi connectivity index (χ1v) is 12.3. The van der Waals surface area contributed by atoms with Crippen molar-refractivity contribution in [3.8, 4) is 11.1 Å². The van der Waals surface area contributed by atoms with Crippen LogP contribution in [0.15, 0.2) is 42.5 Å². The Labute approximate surface area is 188 Å². The second-order valence-corrected chi connectivity index (χ2v) is 9.83. The molecular weight excluding hydrogens is 433 g/mol. The zero-order chi connectivity index (χ0) is 23.3. The highest BCUT2D eigenvalue weighted by molar-refractivity contribution is 7.89. The van der Waals surface area contributed by atoms with Crippen molar-refractivity contribution in [2.75, 3.05) is 18.8 Å². The van der Waals surface area contributed by atoms with E-state index in [4.69, 9.17) is 0 Å². The Balaban J connectivity index is 1.67. The number of aryl methyl sites for hydroxylation is 1. The van der Waals surface area contributed by atoms with E-state index in [-0.39, 0.29) is 28.7 Å². The first-order chi connectivity index (χ1) is 15.2. The lowest BCUT2D eigenvalue weighted by molar-refractivity contribution is -0.132. The molecule has 1 saturated heterocycles. The summed E-state index contributed by atoms with van der Waals surface area (Å²) in [5, 5.41) is 0. The summed E-state index contributed by atoms with van der Waals surface area (Å²) in [7, 11) is -3.87. The fourth-order valence-electron chi connectivity index (χ4n) is 3.93. The fraction of sp³-hybridized carbons (Fsp3) is 0.391. The SMILES string of the molecule is CCC(=O)N1CCCC(CS(=O)(=O)NNC(=O)c2cc(-c3ccccc3)cc(C)c2F)C1. The minimum absolute atomic E-state index is 0.00231. The number of nitrogens with zero attached hydrogens (tertiary/aromatic N) is 1. The predicted molar refractivity (Wildman–Crippen MR) is 121 cm³/mol. The number of likely N-dealkylation sites (tertiary alicyclic amines) is 1. The van der Waals surface area contributed by atoms with E-state index >= 15 is 0 Å². The van der Waals surface area contributed by atoms with Gasteiger partial charge in [-0.05, 0) is 54.5 Å². The first-order valence-electron chi connectivity index (χ1n) is 10.6. The number of amides is 2. The van der Waals surface area contributed by atoms with Gasteiger partial charge < -0.3 is 4.90 Å². The van der Waals surface area contributed by atoms with E-state index in [1.54, 1.807) is 24.8 Å². The van der Waals surface area contributed by atoms with Crippen molar-refractivity contribution in [2.24, 2.45) is 5.92 Å². The zero-order valence-corrected chi connectivity index (χ0v) is 19.0. The molecule has 0 spiro atoms. The number of halogens is 1. The molecule has 2 aromatic rings. The third-order valence-electron chi connectivity index (χ3n) is 5.56. The third-order valence-corrected chi connectivity index (χ3v) is 6.88. The van der Waals surface area contributed by atoms with Crippen LogP contribution >= 0.6 is 0 Å². The minimum atomic E-state index is -3.87. The summed E-state index contributed by atoms with van der Waals surface area (Å²) >= 11 is 0. The maximum Gasteiger partial charge on any atom is 0.269 e. The second kappa shape index (κ2) is 10.2. The van der Waals surface area contributed by atoms with Gasteiger partial charge in [0.1, 0.15) is 5.82 Å². The van der Waals surface area contributed by atoms with Crippen LogP contribution in [-0.4, -0.2) is 44.0 Å². The molecule has 0 aliphatic carbocycles. The summed E-state index contributed by atoms with van der Waals surface area (Å²) in [5.41, 5.74) is 3.62. The standard InChI is InChI=1S/C23H28FN3O4S/c1-3-21(28)27-11-7-8-17(14-27)15-32(30,31)26-25-23(29)20-13-19(12-16(2)22(20)24)18-9-5-4-6-10-18/h4-6,9-10,12-13,17,26H,3,7-8,11,14-15H2,1-2H3,(H,25,29). The normalized spacial score (nSPS) is 16.6. The predicted octanol–water partition coefficient (Wildman–Crippen LogP) is 3.01. The van der Waals surface area contributed by atoms with E-state index in [0.29, 0.717) is 31.5 Å². The van der Waals surface area contributed by atoms with Crippen molar-refractivity contribution in [3.05, 3.63) is 59.4 Å². The lowest BCUT2D eigenvalue weighted by Gasteiger charge is -2.32. The molecule has 0 saturated carbocycles. The lowest BCUT2D eigenvalue weighted by Crippen LogP contribution is -2.47. The summed E-state index contributed by atoms with van der Waals surface area (Å²) < 4.78 is 39.6. The van der Waals surface area contributed by atoms with Gasteiger partial charge >= 0.3 is 0 Å². The molecule has 1 unspecified atom stereocenters. The van der Waals surface area contributed by atoms with Gasteiger partial charge in [0, 0.05) is 19.5 Å². The van der Waals surface area contributed by atoms with E-state index in [2.05, 4.69) is 10.3 Å². The highest BCUT2D eigenvalue weighted by atomic mass is 32.2. The quantitative estimate of drug-likeness (QED) is 0.620. The minimum Gasteiger partial charge on any atom is -0.342 e. The van der Waals surface area contributed by atoms with Crippen molar-refractivity contribution < 1.29 is 22.4 Å².